The molecule has 0 aliphatic carbocycles. The van der Waals surface area contributed by atoms with E-state index in [0.29, 0.717) is 5.56 Å². The van der Waals surface area contributed by atoms with Gasteiger partial charge in [0.05, 0.1) is 23.1 Å². The lowest BCUT2D eigenvalue weighted by atomic mass is 9.97. The van der Waals surface area contributed by atoms with Crippen LogP contribution in [-0.2, 0) is 0 Å². The minimum absolute atomic E-state index is 0.0585. The predicted molar refractivity (Wildman–Crippen MR) is 105 cm³/mol. The number of likely N-dealkylation sites (tertiary alicyclic amines) is 1. The predicted octanol–water partition coefficient (Wildman–Crippen LogP) is 4.25. The Bertz CT molecular complexity index is 931. The zero-order valence-electron chi connectivity index (χ0n) is 15.8. The number of hydrogen-bond donors (Lipinski definition) is 0. The fourth-order valence-corrected chi connectivity index (χ4v) is 3.86. The van der Waals surface area contributed by atoms with Crippen LogP contribution in [0.3, 0.4) is 0 Å². The van der Waals surface area contributed by atoms with Crippen molar-refractivity contribution >= 4 is 5.91 Å². The summed E-state index contributed by atoms with van der Waals surface area (Å²) in [6.45, 7) is 4.79. The molecular weight excluding hydrogens is 336 g/mol. The highest BCUT2D eigenvalue weighted by Crippen LogP contribution is 2.31. The number of hydrogen-bond acceptors (Lipinski definition) is 3. The third-order valence-corrected chi connectivity index (χ3v) is 5.16. The molecule has 1 atom stereocenters. The first-order chi connectivity index (χ1) is 13.1. The lowest BCUT2D eigenvalue weighted by Gasteiger charge is -2.35. The topological polar surface area (TPSA) is 51.0 Å². The van der Waals surface area contributed by atoms with E-state index in [-0.39, 0.29) is 11.9 Å². The maximum absolute atomic E-state index is 13.2. The zero-order valence-corrected chi connectivity index (χ0v) is 15.8. The quantitative estimate of drug-likeness (QED) is 0.701. The molecule has 27 heavy (non-hydrogen) atoms. The average molecular weight is 360 g/mol. The number of carbonyl (C=O) groups excluding carboxylic acids is 1. The van der Waals surface area contributed by atoms with Crippen molar-refractivity contribution in [2.45, 2.75) is 39.2 Å². The van der Waals surface area contributed by atoms with Crippen molar-refractivity contribution in [3.63, 3.8) is 0 Å². The van der Waals surface area contributed by atoms with E-state index in [9.17, 15) is 4.79 Å². The number of aryl methyl sites for hydroxylation is 2. The highest BCUT2D eigenvalue weighted by molar-refractivity contribution is 5.94. The van der Waals surface area contributed by atoms with Crippen molar-refractivity contribution in [2.24, 2.45) is 0 Å². The molecule has 0 saturated carbocycles. The minimum atomic E-state index is 0.0585. The van der Waals surface area contributed by atoms with Gasteiger partial charge in [-0.05, 0) is 75.6 Å². The average Bonchev–Trinajstić information content (AvgIpc) is 3.06. The van der Waals surface area contributed by atoms with E-state index in [1.807, 2.05) is 72.0 Å². The van der Waals surface area contributed by atoms with Crippen molar-refractivity contribution < 1.29 is 4.79 Å². The Kier molecular flexibility index (Phi) is 4.75. The van der Waals surface area contributed by atoms with Crippen LogP contribution >= 0.6 is 0 Å². The Morgan fingerprint density at radius 2 is 1.89 bits per heavy atom. The second-order valence-corrected chi connectivity index (χ2v) is 7.15. The summed E-state index contributed by atoms with van der Waals surface area (Å²) in [6.07, 6.45) is 4.93. The molecule has 0 N–H and O–H groups in total. The third kappa shape index (κ3) is 3.50. The summed E-state index contributed by atoms with van der Waals surface area (Å²) in [6, 6.07) is 15.8. The maximum Gasteiger partial charge on any atom is 0.254 e. The molecule has 1 aliphatic rings. The molecule has 0 bridgehead atoms. The highest BCUT2D eigenvalue weighted by atomic mass is 16.2. The summed E-state index contributed by atoms with van der Waals surface area (Å²) < 4.78 is 1.90. The van der Waals surface area contributed by atoms with Crippen LogP contribution in [-0.4, -0.2) is 32.1 Å². The van der Waals surface area contributed by atoms with Crippen LogP contribution in [0.2, 0.25) is 0 Å². The van der Waals surface area contributed by atoms with Gasteiger partial charge in [-0.15, -0.1) is 0 Å². The van der Waals surface area contributed by atoms with Crippen LogP contribution in [0.4, 0.5) is 0 Å². The zero-order chi connectivity index (χ0) is 18.8. The standard InChI is InChI=1S/C22H24N4O/c1-16-15-17(2)26(24-16)19-11-9-18(10-12-19)22(27)25-14-6-4-8-21(25)20-7-3-5-13-23-20/h3,5,7,9-13,15,21H,4,6,8,14H2,1-2H3/t21-/m1/s1. The second-order valence-electron chi connectivity index (χ2n) is 7.15. The minimum Gasteiger partial charge on any atom is -0.330 e. The molecule has 5 nitrogen and oxygen atoms in total. The van der Waals surface area contributed by atoms with Crippen LogP contribution in [0.25, 0.3) is 5.69 Å². The smallest absolute Gasteiger partial charge is 0.254 e. The molecule has 1 aromatic carbocycles. The Hall–Kier alpha value is -2.95. The second kappa shape index (κ2) is 7.35. The highest BCUT2D eigenvalue weighted by Gasteiger charge is 2.29. The Morgan fingerprint density at radius 1 is 1.07 bits per heavy atom. The molecule has 3 heterocycles. The van der Waals surface area contributed by atoms with Gasteiger partial charge in [-0.3, -0.25) is 9.78 Å². The number of amides is 1. The summed E-state index contributed by atoms with van der Waals surface area (Å²) in [7, 11) is 0. The first kappa shape index (κ1) is 17.5. The van der Waals surface area contributed by atoms with Gasteiger partial charge in [-0.25, -0.2) is 4.68 Å². The van der Waals surface area contributed by atoms with Gasteiger partial charge in [0.25, 0.3) is 5.91 Å². The molecule has 0 unspecified atom stereocenters. The van der Waals surface area contributed by atoms with E-state index < -0.39 is 0 Å². The lowest BCUT2D eigenvalue weighted by molar-refractivity contribution is 0.0606. The number of carbonyl (C=O) groups is 1. The summed E-state index contributed by atoms with van der Waals surface area (Å²) >= 11 is 0. The van der Waals surface area contributed by atoms with E-state index in [0.717, 1.165) is 48.6 Å². The van der Waals surface area contributed by atoms with Crippen molar-refractivity contribution in [1.29, 1.82) is 0 Å². The Labute approximate surface area is 159 Å². The monoisotopic (exact) mass is 360 g/mol. The van der Waals surface area contributed by atoms with E-state index in [2.05, 4.69) is 10.1 Å². The molecule has 1 fully saturated rings. The SMILES string of the molecule is Cc1cc(C)n(-c2ccc(C(=O)N3CCCC[C@@H]3c3ccccn3)cc2)n1. The van der Waals surface area contributed by atoms with Crippen LogP contribution in [0.5, 0.6) is 0 Å². The maximum atomic E-state index is 13.2. The van der Waals surface area contributed by atoms with Gasteiger partial charge in [-0.2, -0.15) is 5.10 Å². The van der Waals surface area contributed by atoms with Crippen molar-refractivity contribution in [3.05, 3.63) is 77.4 Å². The molecule has 2 aromatic heterocycles. The van der Waals surface area contributed by atoms with Gasteiger partial charge in [0.1, 0.15) is 0 Å². The van der Waals surface area contributed by atoms with Crippen LogP contribution < -0.4 is 0 Å². The molecule has 138 valence electrons. The van der Waals surface area contributed by atoms with Crippen LogP contribution in [0.1, 0.15) is 52.7 Å². The molecule has 1 amide bonds. The molecular formula is C22H24N4O. The summed E-state index contributed by atoms with van der Waals surface area (Å²) in [5.74, 6) is 0.0743. The number of pyridine rings is 1. The van der Waals surface area contributed by atoms with Gasteiger partial charge in [0.15, 0.2) is 0 Å². The third-order valence-electron chi connectivity index (χ3n) is 5.16. The Morgan fingerprint density at radius 3 is 2.56 bits per heavy atom. The lowest BCUT2D eigenvalue weighted by Crippen LogP contribution is -2.38. The largest absolute Gasteiger partial charge is 0.330 e. The van der Waals surface area contributed by atoms with Crippen LogP contribution in [0, 0.1) is 13.8 Å². The molecule has 5 heteroatoms. The van der Waals surface area contributed by atoms with E-state index in [4.69, 9.17) is 0 Å². The normalized spacial score (nSPS) is 17.1. The molecule has 0 spiro atoms. The van der Waals surface area contributed by atoms with E-state index in [1.165, 1.54) is 0 Å². The fraction of sp³-hybridized carbons (Fsp3) is 0.318. The first-order valence-electron chi connectivity index (χ1n) is 9.49. The molecule has 0 radical (unpaired) electrons. The number of benzene rings is 1. The summed E-state index contributed by atoms with van der Waals surface area (Å²) in [5.41, 5.74) is 4.72. The molecule has 4 rings (SSSR count). The van der Waals surface area contributed by atoms with Crippen molar-refractivity contribution in [1.82, 2.24) is 19.7 Å². The van der Waals surface area contributed by atoms with Gasteiger partial charge >= 0.3 is 0 Å². The van der Waals surface area contributed by atoms with E-state index in [1.54, 1.807) is 6.20 Å². The van der Waals surface area contributed by atoms with Crippen molar-refractivity contribution in [3.8, 4) is 5.69 Å². The summed E-state index contributed by atoms with van der Waals surface area (Å²) in [5, 5.41) is 4.51. The fourth-order valence-electron chi connectivity index (χ4n) is 3.86. The van der Waals surface area contributed by atoms with Gasteiger partial charge in [0.2, 0.25) is 0 Å². The Balaban J connectivity index is 1.59. The number of aromatic nitrogens is 3. The van der Waals surface area contributed by atoms with Crippen molar-refractivity contribution in [2.75, 3.05) is 6.54 Å². The molecule has 3 aromatic rings. The van der Waals surface area contributed by atoms with Gasteiger partial charge < -0.3 is 4.90 Å². The first-order valence-corrected chi connectivity index (χ1v) is 9.49. The summed E-state index contributed by atoms with van der Waals surface area (Å²) in [4.78, 5) is 19.6. The van der Waals surface area contributed by atoms with Gasteiger partial charge in [0, 0.05) is 24.0 Å². The molecule has 1 saturated heterocycles. The molecule has 1 aliphatic heterocycles. The number of nitrogens with zero attached hydrogens (tertiary/aromatic N) is 4. The number of piperidine rings is 1. The van der Waals surface area contributed by atoms with E-state index >= 15 is 0 Å². The number of rotatable bonds is 3. The van der Waals surface area contributed by atoms with Gasteiger partial charge in [-0.1, -0.05) is 6.07 Å². The van der Waals surface area contributed by atoms with Crippen LogP contribution in [0.15, 0.2) is 54.7 Å².